The molecule has 0 aromatic rings. The minimum absolute atomic E-state index is 0.118. The molecule has 118 valence electrons. The lowest BCUT2D eigenvalue weighted by molar-refractivity contribution is 0.0815. The van der Waals surface area contributed by atoms with E-state index >= 15 is 0 Å². The highest BCUT2D eigenvalue weighted by atomic mass is 32.2. The van der Waals surface area contributed by atoms with Crippen LogP contribution in [0.5, 0.6) is 0 Å². The Hall–Kier alpha value is -0.170. The normalized spacial score (nSPS) is 29.9. The van der Waals surface area contributed by atoms with Crippen molar-refractivity contribution in [1.82, 2.24) is 9.80 Å². The van der Waals surface area contributed by atoms with Gasteiger partial charge < -0.3 is 5.73 Å². The van der Waals surface area contributed by atoms with Crippen LogP contribution in [0.15, 0.2) is 0 Å². The molecule has 0 amide bonds. The first kappa shape index (κ1) is 16.2. The molecule has 20 heavy (non-hydrogen) atoms. The van der Waals surface area contributed by atoms with E-state index in [2.05, 4.69) is 23.8 Å². The molecular formula is C14H29N3O2S. The van der Waals surface area contributed by atoms with Gasteiger partial charge in [0.25, 0.3) is 0 Å². The molecule has 0 radical (unpaired) electrons. The molecule has 2 N–H and O–H groups in total. The molecule has 5 nitrogen and oxygen atoms in total. The molecule has 2 fully saturated rings. The average Bonchev–Trinajstić information content (AvgIpc) is 2.86. The SMILES string of the molecule is CCN1CCCC1CN(C)C1(CN)CCS(=O)(=O)CC1. The summed E-state index contributed by atoms with van der Waals surface area (Å²) in [7, 11) is -0.711. The van der Waals surface area contributed by atoms with Crippen LogP contribution in [0.1, 0.15) is 32.6 Å². The van der Waals surface area contributed by atoms with Crippen molar-refractivity contribution >= 4 is 9.84 Å². The molecule has 0 aliphatic carbocycles. The van der Waals surface area contributed by atoms with E-state index in [-0.39, 0.29) is 17.0 Å². The molecule has 2 saturated heterocycles. The number of rotatable bonds is 5. The van der Waals surface area contributed by atoms with E-state index < -0.39 is 9.84 Å². The Balaban J connectivity index is 2.00. The molecule has 0 aromatic heterocycles. The van der Waals surface area contributed by atoms with Crippen LogP contribution in [0.4, 0.5) is 0 Å². The predicted octanol–water partition coefficient (Wildman–Crippen LogP) is 0.309. The molecule has 0 saturated carbocycles. The van der Waals surface area contributed by atoms with Gasteiger partial charge in [0.15, 0.2) is 0 Å². The number of hydrogen-bond acceptors (Lipinski definition) is 5. The third kappa shape index (κ3) is 3.35. The number of likely N-dealkylation sites (N-methyl/N-ethyl adjacent to an activating group) is 2. The monoisotopic (exact) mass is 303 g/mol. The highest BCUT2D eigenvalue weighted by Gasteiger charge is 2.40. The van der Waals surface area contributed by atoms with Gasteiger partial charge in [0, 0.05) is 24.7 Å². The molecule has 1 unspecified atom stereocenters. The summed E-state index contributed by atoms with van der Waals surface area (Å²) in [5.74, 6) is 0.577. The van der Waals surface area contributed by atoms with Gasteiger partial charge in [-0.2, -0.15) is 0 Å². The number of hydrogen-bond donors (Lipinski definition) is 1. The second kappa shape index (κ2) is 6.30. The van der Waals surface area contributed by atoms with Gasteiger partial charge in [-0.05, 0) is 45.8 Å². The smallest absolute Gasteiger partial charge is 0.150 e. The maximum Gasteiger partial charge on any atom is 0.150 e. The van der Waals surface area contributed by atoms with Crippen LogP contribution >= 0.6 is 0 Å². The van der Waals surface area contributed by atoms with Crippen molar-refractivity contribution in [3.63, 3.8) is 0 Å². The van der Waals surface area contributed by atoms with E-state index in [1.807, 2.05) is 0 Å². The van der Waals surface area contributed by atoms with E-state index in [1.165, 1.54) is 19.4 Å². The lowest BCUT2D eigenvalue weighted by atomic mass is 9.90. The molecule has 0 spiro atoms. The number of likely N-dealkylation sites (tertiary alicyclic amines) is 1. The summed E-state index contributed by atoms with van der Waals surface area (Å²) in [5, 5.41) is 0. The summed E-state index contributed by atoms with van der Waals surface area (Å²) in [4.78, 5) is 4.88. The molecule has 2 aliphatic rings. The van der Waals surface area contributed by atoms with Crippen molar-refractivity contribution in [3.8, 4) is 0 Å². The molecule has 0 bridgehead atoms. The zero-order valence-corrected chi connectivity index (χ0v) is 13.7. The Morgan fingerprint density at radius 3 is 2.55 bits per heavy atom. The van der Waals surface area contributed by atoms with Crippen molar-refractivity contribution in [3.05, 3.63) is 0 Å². The lowest BCUT2D eigenvalue weighted by Crippen LogP contribution is -2.58. The van der Waals surface area contributed by atoms with Crippen LogP contribution in [-0.2, 0) is 9.84 Å². The van der Waals surface area contributed by atoms with Gasteiger partial charge in [-0.15, -0.1) is 0 Å². The van der Waals surface area contributed by atoms with E-state index in [1.54, 1.807) is 0 Å². The molecule has 2 rings (SSSR count). The predicted molar refractivity (Wildman–Crippen MR) is 82.6 cm³/mol. The van der Waals surface area contributed by atoms with Crippen LogP contribution in [0, 0.1) is 0 Å². The second-order valence-corrected chi connectivity index (χ2v) is 8.69. The van der Waals surface area contributed by atoms with Crippen molar-refractivity contribution < 1.29 is 8.42 Å². The standard InChI is InChI=1S/C14H29N3O2S/c1-3-17-8-4-5-13(17)11-16(2)14(12-15)6-9-20(18,19)10-7-14/h13H,3-12,15H2,1-2H3. The summed E-state index contributed by atoms with van der Waals surface area (Å²) in [6.45, 7) is 6.06. The lowest BCUT2D eigenvalue weighted by Gasteiger charge is -2.45. The van der Waals surface area contributed by atoms with Crippen LogP contribution in [-0.4, -0.2) is 74.5 Å². The van der Waals surface area contributed by atoms with Crippen molar-refractivity contribution in [1.29, 1.82) is 0 Å². The van der Waals surface area contributed by atoms with E-state index in [0.29, 0.717) is 25.4 Å². The highest BCUT2D eigenvalue weighted by Crippen LogP contribution is 2.30. The number of sulfone groups is 1. The fourth-order valence-electron chi connectivity index (χ4n) is 3.69. The maximum absolute atomic E-state index is 11.7. The topological polar surface area (TPSA) is 66.6 Å². The summed E-state index contributed by atoms with van der Waals surface area (Å²) >= 11 is 0. The Kier molecular flexibility index (Phi) is 5.10. The van der Waals surface area contributed by atoms with Crippen molar-refractivity contribution in [2.75, 3.05) is 44.7 Å². The molecule has 0 aromatic carbocycles. The first-order valence-electron chi connectivity index (χ1n) is 7.78. The third-order valence-electron chi connectivity index (χ3n) is 5.34. The molecule has 1 atom stereocenters. The van der Waals surface area contributed by atoms with Crippen LogP contribution in [0.25, 0.3) is 0 Å². The minimum atomic E-state index is -2.83. The van der Waals surface area contributed by atoms with Gasteiger partial charge in [0.05, 0.1) is 11.5 Å². The molecule has 6 heteroatoms. The van der Waals surface area contributed by atoms with Crippen LogP contribution in [0.2, 0.25) is 0 Å². The number of nitrogens with two attached hydrogens (primary N) is 1. The molecular weight excluding hydrogens is 274 g/mol. The van der Waals surface area contributed by atoms with Crippen LogP contribution < -0.4 is 5.73 Å². The summed E-state index contributed by atoms with van der Waals surface area (Å²) in [5.41, 5.74) is 5.90. The van der Waals surface area contributed by atoms with Gasteiger partial charge in [-0.1, -0.05) is 6.92 Å². The van der Waals surface area contributed by atoms with Gasteiger partial charge in [-0.25, -0.2) is 8.42 Å². The summed E-state index contributed by atoms with van der Waals surface area (Å²) < 4.78 is 23.3. The van der Waals surface area contributed by atoms with Gasteiger partial charge in [-0.3, -0.25) is 9.80 Å². The zero-order chi connectivity index (χ0) is 14.8. The first-order chi connectivity index (χ1) is 9.42. The number of nitrogens with zero attached hydrogens (tertiary/aromatic N) is 2. The summed E-state index contributed by atoms with van der Waals surface area (Å²) in [6, 6.07) is 0.604. The van der Waals surface area contributed by atoms with E-state index in [4.69, 9.17) is 5.73 Å². The molecule has 2 aliphatic heterocycles. The Bertz CT molecular complexity index is 410. The van der Waals surface area contributed by atoms with E-state index in [0.717, 1.165) is 13.1 Å². The summed E-state index contributed by atoms with van der Waals surface area (Å²) in [6.07, 6.45) is 3.88. The van der Waals surface area contributed by atoms with Crippen molar-refractivity contribution in [2.24, 2.45) is 5.73 Å². The van der Waals surface area contributed by atoms with Gasteiger partial charge >= 0.3 is 0 Å². The highest BCUT2D eigenvalue weighted by molar-refractivity contribution is 7.91. The second-order valence-electron chi connectivity index (χ2n) is 6.39. The Morgan fingerprint density at radius 1 is 1.35 bits per heavy atom. The quantitative estimate of drug-likeness (QED) is 0.792. The van der Waals surface area contributed by atoms with Gasteiger partial charge in [0.1, 0.15) is 9.84 Å². The minimum Gasteiger partial charge on any atom is -0.329 e. The zero-order valence-electron chi connectivity index (χ0n) is 12.8. The molecule has 2 heterocycles. The first-order valence-corrected chi connectivity index (χ1v) is 9.60. The largest absolute Gasteiger partial charge is 0.329 e. The third-order valence-corrected chi connectivity index (χ3v) is 6.99. The van der Waals surface area contributed by atoms with E-state index in [9.17, 15) is 8.42 Å². The van der Waals surface area contributed by atoms with Gasteiger partial charge in [0.2, 0.25) is 0 Å². The maximum atomic E-state index is 11.7. The van der Waals surface area contributed by atoms with Crippen molar-refractivity contribution in [2.45, 2.75) is 44.2 Å². The average molecular weight is 303 g/mol. The fourth-order valence-corrected chi connectivity index (χ4v) is 5.27. The Morgan fingerprint density at radius 2 is 2.00 bits per heavy atom. The fraction of sp³-hybridized carbons (Fsp3) is 1.00. The van der Waals surface area contributed by atoms with Crippen LogP contribution in [0.3, 0.4) is 0 Å². The Labute approximate surface area is 123 Å².